The summed E-state index contributed by atoms with van der Waals surface area (Å²) < 4.78 is 0. The SMILES string of the molecule is CN(C)Cc1ccccc1-c1ccccc1[O-]. The Hall–Kier alpha value is -1.80. The van der Waals surface area contributed by atoms with Gasteiger partial charge in [-0.2, -0.15) is 0 Å². The quantitative estimate of drug-likeness (QED) is 0.803. The third kappa shape index (κ3) is 2.66. The van der Waals surface area contributed by atoms with Crippen molar-refractivity contribution in [2.24, 2.45) is 0 Å². The Morgan fingerprint density at radius 3 is 2.12 bits per heavy atom. The predicted octanol–water partition coefficient (Wildman–Crippen LogP) is 2.49. The van der Waals surface area contributed by atoms with Crippen LogP contribution >= 0.6 is 0 Å². The van der Waals surface area contributed by atoms with Crippen LogP contribution in [0.25, 0.3) is 11.1 Å². The summed E-state index contributed by atoms with van der Waals surface area (Å²) in [4.78, 5) is 2.10. The molecule has 2 rings (SSSR count). The minimum Gasteiger partial charge on any atom is -0.872 e. The molecular formula is C15H16NO-. The fourth-order valence-corrected chi connectivity index (χ4v) is 1.95. The van der Waals surface area contributed by atoms with Gasteiger partial charge in [-0.1, -0.05) is 48.5 Å². The fourth-order valence-electron chi connectivity index (χ4n) is 1.95. The molecule has 2 heteroatoms. The van der Waals surface area contributed by atoms with E-state index in [9.17, 15) is 5.11 Å². The molecule has 0 saturated carbocycles. The topological polar surface area (TPSA) is 26.3 Å². The summed E-state index contributed by atoms with van der Waals surface area (Å²) in [6.07, 6.45) is 0. The third-order valence-corrected chi connectivity index (χ3v) is 2.68. The largest absolute Gasteiger partial charge is 0.872 e. The van der Waals surface area contributed by atoms with Gasteiger partial charge in [0, 0.05) is 6.54 Å². The second-order valence-corrected chi connectivity index (χ2v) is 4.39. The normalized spacial score (nSPS) is 10.8. The van der Waals surface area contributed by atoms with Crippen molar-refractivity contribution in [3.05, 3.63) is 54.1 Å². The lowest BCUT2D eigenvalue weighted by molar-refractivity contribution is -0.267. The molecule has 17 heavy (non-hydrogen) atoms. The highest BCUT2D eigenvalue weighted by Crippen LogP contribution is 2.29. The van der Waals surface area contributed by atoms with Crippen LogP contribution in [-0.4, -0.2) is 19.0 Å². The maximum Gasteiger partial charge on any atom is 0.0233 e. The summed E-state index contributed by atoms with van der Waals surface area (Å²) in [5.41, 5.74) is 3.00. The van der Waals surface area contributed by atoms with E-state index in [-0.39, 0.29) is 5.75 Å². The molecule has 0 aliphatic heterocycles. The van der Waals surface area contributed by atoms with Gasteiger partial charge in [-0.25, -0.2) is 0 Å². The number of para-hydroxylation sites is 1. The van der Waals surface area contributed by atoms with Crippen LogP contribution in [0.4, 0.5) is 0 Å². The van der Waals surface area contributed by atoms with E-state index in [0.29, 0.717) is 0 Å². The molecule has 0 fully saturated rings. The van der Waals surface area contributed by atoms with E-state index in [4.69, 9.17) is 0 Å². The highest BCUT2D eigenvalue weighted by molar-refractivity contribution is 5.72. The van der Waals surface area contributed by atoms with Crippen molar-refractivity contribution in [2.75, 3.05) is 14.1 Å². The van der Waals surface area contributed by atoms with Crippen molar-refractivity contribution in [2.45, 2.75) is 6.54 Å². The van der Waals surface area contributed by atoms with Crippen LogP contribution in [0, 0.1) is 0 Å². The molecule has 0 atom stereocenters. The molecule has 88 valence electrons. The summed E-state index contributed by atoms with van der Waals surface area (Å²) in [7, 11) is 4.06. The zero-order valence-corrected chi connectivity index (χ0v) is 10.2. The molecule has 0 bridgehead atoms. The van der Waals surface area contributed by atoms with Gasteiger partial charge < -0.3 is 10.0 Å². The molecule has 0 unspecified atom stereocenters. The Labute approximate surface area is 102 Å². The van der Waals surface area contributed by atoms with Crippen LogP contribution in [-0.2, 0) is 6.54 Å². The van der Waals surface area contributed by atoms with E-state index in [0.717, 1.165) is 17.7 Å². The highest BCUT2D eigenvalue weighted by atomic mass is 16.3. The summed E-state index contributed by atoms with van der Waals surface area (Å²) in [6.45, 7) is 0.838. The molecule has 0 aromatic heterocycles. The van der Waals surface area contributed by atoms with Gasteiger partial charge in [0.05, 0.1) is 0 Å². The molecule has 0 spiro atoms. The second-order valence-electron chi connectivity index (χ2n) is 4.39. The van der Waals surface area contributed by atoms with Gasteiger partial charge in [-0.15, -0.1) is 5.75 Å². The fraction of sp³-hybridized carbons (Fsp3) is 0.200. The number of hydrogen-bond donors (Lipinski definition) is 0. The minimum absolute atomic E-state index is 0.0821. The number of nitrogens with zero attached hydrogens (tertiary/aromatic N) is 1. The molecule has 2 nitrogen and oxygen atoms in total. The Morgan fingerprint density at radius 2 is 1.47 bits per heavy atom. The average molecular weight is 226 g/mol. The van der Waals surface area contributed by atoms with E-state index in [1.54, 1.807) is 12.1 Å². The van der Waals surface area contributed by atoms with Crippen molar-refractivity contribution >= 4 is 0 Å². The molecule has 0 radical (unpaired) electrons. The van der Waals surface area contributed by atoms with Crippen LogP contribution in [0.3, 0.4) is 0 Å². The van der Waals surface area contributed by atoms with Crippen molar-refractivity contribution in [1.29, 1.82) is 0 Å². The first-order chi connectivity index (χ1) is 8.18. The van der Waals surface area contributed by atoms with Crippen molar-refractivity contribution in [3.63, 3.8) is 0 Å². The lowest BCUT2D eigenvalue weighted by atomic mass is 9.99. The summed E-state index contributed by atoms with van der Waals surface area (Å²) in [5, 5.41) is 11.8. The third-order valence-electron chi connectivity index (χ3n) is 2.68. The van der Waals surface area contributed by atoms with Crippen molar-refractivity contribution in [1.82, 2.24) is 4.90 Å². The summed E-state index contributed by atoms with van der Waals surface area (Å²) in [5.74, 6) is 0.0821. The highest BCUT2D eigenvalue weighted by Gasteiger charge is 2.05. The standard InChI is InChI=1S/C15H17NO/c1-16(2)11-12-7-3-4-8-13(12)14-9-5-6-10-15(14)17/h3-10,17H,11H2,1-2H3/p-1. The summed E-state index contributed by atoms with van der Waals surface area (Å²) in [6, 6.07) is 15.2. The molecule has 0 N–H and O–H groups in total. The van der Waals surface area contributed by atoms with Gasteiger partial charge in [0.1, 0.15) is 0 Å². The molecule has 0 heterocycles. The van der Waals surface area contributed by atoms with Gasteiger partial charge >= 0.3 is 0 Å². The Morgan fingerprint density at radius 1 is 0.882 bits per heavy atom. The molecule has 2 aromatic rings. The van der Waals surface area contributed by atoms with Gasteiger partial charge in [0.2, 0.25) is 0 Å². The van der Waals surface area contributed by atoms with E-state index in [1.165, 1.54) is 5.56 Å². The van der Waals surface area contributed by atoms with Gasteiger partial charge in [0.15, 0.2) is 0 Å². The molecular weight excluding hydrogens is 210 g/mol. The van der Waals surface area contributed by atoms with Crippen LogP contribution < -0.4 is 5.11 Å². The lowest BCUT2D eigenvalue weighted by Crippen LogP contribution is -2.11. The maximum atomic E-state index is 11.8. The molecule has 2 aromatic carbocycles. The number of hydrogen-bond acceptors (Lipinski definition) is 2. The van der Waals surface area contributed by atoms with Crippen LogP contribution in [0.5, 0.6) is 5.75 Å². The predicted molar refractivity (Wildman–Crippen MR) is 68.7 cm³/mol. The zero-order chi connectivity index (χ0) is 12.3. The maximum absolute atomic E-state index is 11.8. The lowest BCUT2D eigenvalue weighted by Gasteiger charge is -2.18. The van der Waals surface area contributed by atoms with Gasteiger partial charge in [-0.05, 0) is 30.8 Å². The second kappa shape index (κ2) is 5.02. The molecule has 0 aliphatic rings. The number of rotatable bonds is 3. The van der Waals surface area contributed by atoms with E-state index < -0.39 is 0 Å². The molecule has 0 amide bonds. The van der Waals surface area contributed by atoms with E-state index >= 15 is 0 Å². The first-order valence-electron chi connectivity index (χ1n) is 5.67. The average Bonchev–Trinajstić information content (AvgIpc) is 2.30. The smallest absolute Gasteiger partial charge is 0.0233 e. The Kier molecular flexibility index (Phi) is 3.45. The monoisotopic (exact) mass is 226 g/mol. The van der Waals surface area contributed by atoms with Gasteiger partial charge in [-0.3, -0.25) is 0 Å². The Balaban J connectivity index is 2.48. The van der Waals surface area contributed by atoms with Crippen molar-refractivity contribution < 1.29 is 5.11 Å². The molecule has 0 aliphatic carbocycles. The number of benzene rings is 2. The molecule has 0 saturated heterocycles. The van der Waals surface area contributed by atoms with Crippen molar-refractivity contribution in [3.8, 4) is 16.9 Å². The zero-order valence-electron chi connectivity index (χ0n) is 10.2. The van der Waals surface area contributed by atoms with Crippen LogP contribution in [0.15, 0.2) is 48.5 Å². The summed E-state index contributed by atoms with van der Waals surface area (Å²) >= 11 is 0. The van der Waals surface area contributed by atoms with Crippen LogP contribution in [0.2, 0.25) is 0 Å². The Bertz CT molecular complexity index is 506. The van der Waals surface area contributed by atoms with Gasteiger partial charge in [0.25, 0.3) is 0 Å². The van der Waals surface area contributed by atoms with E-state index in [1.807, 2.05) is 44.4 Å². The first kappa shape index (κ1) is 11.7. The first-order valence-corrected chi connectivity index (χ1v) is 5.67. The van der Waals surface area contributed by atoms with Crippen LogP contribution in [0.1, 0.15) is 5.56 Å². The minimum atomic E-state index is 0.0821. The van der Waals surface area contributed by atoms with E-state index in [2.05, 4.69) is 11.0 Å².